The van der Waals surface area contributed by atoms with E-state index in [0.717, 1.165) is 11.2 Å². The van der Waals surface area contributed by atoms with Crippen molar-refractivity contribution in [2.75, 3.05) is 32.6 Å². The van der Waals surface area contributed by atoms with Crippen LogP contribution in [0, 0.1) is 0 Å². The molecule has 122 valence electrons. The molecule has 0 aliphatic heterocycles. The number of hydrogen-bond acceptors (Lipinski definition) is 5. The molecule has 0 radical (unpaired) electrons. The number of nitrogens with zero attached hydrogens (tertiary/aromatic N) is 1. The summed E-state index contributed by atoms with van der Waals surface area (Å²) in [5.74, 6) is -1.90. The molecule has 1 unspecified atom stereocenters. The van der Waals surface area contributed by atoms with Gasteiger partial charge in [-0.3, -0.25) is 4.79 Å². The Kier molecular flexibility index (Phi) is 7.71. The molecule has 0 aliphatic rings. The SMILES string of the molecule is CNC(=O)CCN(C)C(=O)NC(CCS(C)(=O)=O)C(=O)O. The number of carboxylic acid groups (broad SMARTS) is 1. The van der Waals surface area contributed by atoms with Gasteiger partial charge in [0.15, 0.2) is 0 Å². The van der Waals surface area contributed by atoms with E-state index in [4.69, 9.17) is 5.11 Å². The molecular weight excluding hydrogens is 302 g/mol. The van der Waals surface area contributed by atoms with Gasteiger partial charge >= 0.3 is 12.0 Å². The molecule has 10 heteroatoms. The van der Waals surface area contributed by atoms with E-state index in [2.05, 4.69) is 10.6 Å². The average molecular weight is 323 g/mol. The number of hydrogen-bond donors (Lipinski definition) is 3. The van der Waals surface area contributed by atoms with Gasteiger partial charge < -0.3 is 20.6 Å². The van der Waals surface area contributed by atoms with Crippen molar-refractivity contribution in [3.63, 3.8) is 0 Å². The van der Waals surface area contributed by atoms with E-state index in [0.29, 0.717) is 0 Å². The molecule has 0 aromatic rings. The smallest absolute Gasteiger partial charge is 0.326 e. The number of aliphatic carboxylic acids is 1. The van der Waals surface area contributed by atoms with E-state index in [-0.39, 0.29) is 31.0 Å². The molecule has 0 aromatic heterocycles. The molecule has 0 heterocycles. The zero-order valence-electron chi connectivity index (χ0n) is 12.2. The second-order valence-corrected chi connectivity index (χ2v) is 6.86. The summed E-state index contributed by atoms with van der Waals surface area (Å²) in [6.07, 6.45) is 0.855. The summed E-state index contributed by atoms with van der Waals surface area (Å²) in [6, 6.07) is -1.98. The van der Waals surface area contributed by atoms with Crippen molar-refractivity contribution in [3.8, 4) is 0 Å². The fourth-order valence-electron chi connectivity index (χ4n) is 1.34. The van der Waals surface area contributed by atoms with Crippen molar-refractivity contribution in [2.45, 2.75) is 18.9 Å². The number of rotatable bonds is 8. The minimum Gasteiger partial charge on any atom is -0.480 e. The quantitative estimate of drug-likeness (QED) is 0.506. The number of sulfone groups is 1. The number of carbonyl (C=O) groups excluding carboxylic acids is 2. The third kappa shape index (κ3) is 8.84. The maximum Gasteiger partial charge on any atom is 0.326 e. The Bertz CT molecular complexity index is 490. The Morgan fingerprint density at radius 1 is 1.29 bits per heavy atom. The van der Waals surface area contributed by atoms with Crippen molar-refractivity contribution in [1.29, 1.82) is 0 Å². The van der Waals surface area contributed by atoms with Crippen LogP contribution in [-0.2, 0) is 19.4 Å². The maximum absolute atomic E-state index is 11.8. The van der Waals surface area contributed by atoms with Gasteiger partial charge in [-0.15, -0.1) is 0 Å². The van der Waals surface area contributed by atoms with Gasteiger partial charge in [-0.1, -0.05) is 0 Å². The van der Waals surface area contributed by atoms with Gasteiger partial charge in [0, 0.05) is 33.3 Å². The molecule has 0 saturated carbocycles. The Morgan fingerprint density at radius 2 is 1.86 bits per heavy atom. The molecule has 0 rings (SSSR count). The van der Waals surface area contributed by atoms with Gasteiger partial charge in [0.2, 0.25) is 5.91 Å². The lowest BCUT2D eigenvalue weighted by molar-refractivity contribution is -0.139. The lowest BCUT2D eigenvalue weighted by atomic mass is 10.2. The van der Waals surface area contributed by atoms with Gasteiger partial charge in [0.1, 0.15) is 15.9 Å². The first-order valence-electron chi connectivity index (χ1n) is 6.19. The highest BCUT2D eigenvalue weighted by Gasteiger charge is 2.23. The van der Waals surface area contributed by atoms with Crippen LogP contribution in [0.1, 0.15) is 12.8 Å². The molecule has 3 amide bonds. The van der Waals surface area contributed by atoms with E-state index >= 15 is 0 Å². The highest BCUT2D eigenvalue weighted by molar-refractivity contribution is 7.90. The van der Waals surface area contributed by atoms with E-state index in [9.17, 15) is 22.8 Å². The number of carboxylic acids is 1. The van der Waals surface area contributed by atoms with E-state index in [1.807, 2.05) is 0 Å². The van der Waals surface area contributed by atoms with Gasteiger partial charge in [-0.25, -0.2) is 18.0 Å². The minimum atomic E-state index is -3.31. The second-order valence-electron chi connectivity index (χ2n) is 4.60. The Hall–Kier alpha value is -1.84. The van der Waals surface area contributed by atoms with Crippen molar-refractivity contribution in [2.24, 2.45) is 0 Å². The molecular formula is C11H21N3O6S. The van der Waals surface area contributed by atoms with Crippen molar-refractivity contribution >= 4 is 27.7 Å². The van der Waals surface area contributed by atoms with Crippen LogP contribution in [0.2, 0.25) is 0 Å². The zero-order valence-corrected chi connectivity index (χ0v) is 13.1. The fraction of sp³-hybridized carbons (Fsp3) is 0.727. The first-order chi connectivity index (χ1) is 9.56. The molecule has 3 N–H and O–H groups in total. The minimum absolute atomic E-state index is 0.0848. The van der Waals surface area contributed by atoms with Crippen LogP contribution in [0.25, 0.3) is 0 Å². The summed E-state index contributed by atoms with van der Waals surface area (Å²) in [7, 11) is -0.438. The predicted octanol–water partition coefficient (Wildman–Crippen LogP) is -1.35. The van der Waals surface area contributed by atoms with Crippen molar-refractivity contribution in [1.82, 2.24) is 15.5 Å². The molecule has 0 spiro atoms. The van der Waals surface area contributed by atoms with E-state index in [1.165, 1.54) is 14.1 Å². The molecule has 0 aliphatic carbocycles. The molecule has 0 fully saturated rings. The number of nitrogens with one attached hydrogen (secondary N) is 2. The summed E-state index contributed by atoms with van der Waals surface area (Å²) in [6.45, 7) is 0.115. The van der Waals surface area contributed by atoms with Gasteiger partial charge in [0.05, 0.1) is 5.75 Å². The first-order valence-corrected chi connectivity index (χ1v) is 8.25. The summed E-state index contributed by atoms with van der Waals surface area (Å²) in [5, 5.41) is 13.6. The molecule has 9 nitrogen and oxygen atoms in total. The van der Waals surface area contributed by atoms with Crippen LogP contribution in [0.5, 0.6) is 0 Å². The van der Waals surface area contributed by atoms with Crippen LogP contribution >= 0.6 is 0 Å². The third-order valence-corrected chi connectivity index (χ3v) is 3.65. The predicted molar refractivity (Wildman–Crippen MR) is 75.6 cm³/mol. The lowest BCUT2D eigenvalue weighted by Gasteiger charge is -2.21. The van der Waals surface area contributed by atoms with Gasteiger partial charge in [-0.05, 0) is 6.42 Å². The molecule has 21 heavy (non-hydrogen) atoms. The fourth-order valence-corrected chi connectivity index (χ4v) is 2.01. The maximum atomic E-state index is 11.8. The summed E-state index contributed by atoms with van der Waals surface area (Å²) in [5.41, 5.74) is 0. The lowest BCUT2D eigenvalue weighted by Crippen LogP contribution is -2.47. The molecule has 0 bridgehead atoms. The summed E-state index contributed by atoms with van der Waals surface area (Å²) < 4.78 is 22.1. The third-order valence-electron chi connectivity index (χ3n) is 2.67. The summed E-state index contributed by atoms with van der Waals surface area (Å²) in [4.78, 5) is 35.0. The normalized spacial score (nSPS) is 12.3. The van der Waals surface area contributed by atoms with Crippen LogP contribution < -0.4 is 10.6 Å². The number of amides is 3. The Labute approximate surface area is 123 Å². The average Bonchev–Trinajstić information content (AvgIpc) is 2.38. The summed E-state index contributed by atoms with van der Waals surface area (Å²) >= 11 is 0. The van der Waals surface area contributed by atoms with Crippen LogP contribution in [0.4, 0.5) is 4.79 Å². The van der Waals surface area contributed by atoms with Gasteiger partial charge in [0.25, 0.3) is 0 Å². The van der Waals surface area contributed by atoms with Gasteiger partial charge in [-0.2, -0.15) is 0 Å². The number of carbonyl (C=O) groups is 3. The van der Waals surface area contributed by atoms with Crippen molar-refractivity contribution in [3.05, 3.63) is 0 Å². The molecule has 1 atom stereocenters. The van der Waals surface area contributed by atoms with Crippen molar-refractivity contribution < 1.29 is 27.9 Å². The highest BCUT2D eigenvalue weighted by atomic mass is 32.2. The largest absolute Gasteiger partial charge is 0.480 e. The highest BCUT2D eigenvalue weighted by Crippen LogP contribution is 1.99. The molecule has 0 saturated heterocycles. The van der Waals surface area contributed by atoms with E-state index in [1.54, 1.807) is 0 Å². The standard InChI is InChI=1S/C11H21N3O6S/c1-12-9(15)4-6-14(2)11(18)13-8(10(16)17)5-7-21(3,19)20/h8H,4-7H2,1-3H3,(H,12,15)(H,13,18)(H,16,17). The monoisotopic (exact) mass is 323 g/mol. The molecule has 0 aromatic carbocycles. The Morgan fingerprint density at radius 3 is 2.29 bits per heavy atom. The Balaban J connectivity index is 4.46. The topological polar surface area (TPSA) is 133 Å². The first kappa shape index (κ1) is 19.2. The zero-order chi connectivity index (χ0) is 16.6. The van der Waals surface area contributed by atoms with Crippen LogP contribution in [0.15, 0.2) is 0 Å². The van der Waals surface area contributed by atoms with Crippen LogP contribution in [0.3, 0.4) is 0 Å². The second kappa shape index (κ2) is 8.45. The van der Waals surface area contributed by atoms with Crippen LogP contribution in [-0.4, -0.2) is 75.0 Å². The van der Waals surface area contributed by atoms with E-state index < -0.39 is 27.9 Å². The number of urea groups is 1.